The van der Waals surface area contributed by atoms with Gasteiger partial charge in [0.1, 0.15) is 11.8 Å². The average Bonchev–Trinajstić information content (AvgIpc) is 3.08. The maximum atomic E-state index is 9.23. The first kappa shape index (κ1) is 16.3. The van der Waals surface area contributed by atoms with Gasteiger partial charge < -0.3 is 14.5 Å². The van der Waals surface area contributed by atoms with Gasteiger partial charge in [-0.2, -0.15) is 10.2 Å². The summed E-state index contributed by atoms with van der Waals surface area (Å²) in [6.45, 7) is 0.493. The van der Waals surface area contributed by atoms with E-state index in [2.05, 4.69) is 15.3 Å². The van der Waals surface area contributed by atoms with Crippen molar-refractivity contribution in [2.45, 2.75) is 6.54 Å². The standard InChI is InChI=1S/C19H16N4O2/c1-24-17-7-3-2-6-15(17)8-9-18-23-16(11-20)19(25-18)22-13-14-5-4-10-21-12-14/h2-10,12,22H,13H2,1H3. The summed E-state index contributed by atoms with van der Waals surface area (Å²) < 4.78 is 10.9. The molecule has 0 bridgehead atoms. The topological polar surface area (TPSA) is 84.0 Å². The Morgan fingerprint density at radius 2 is 2.12 bits per heavy atom. The molecule has 0 spiro atoms. The van der Waals surface area contributed by atoms with Gasteiger partial charge in [0.05, 0.1) is 7.11 Å². The summed E-state index contributed by atoms with van der Waals surface area (Å²) in [6.07, 6.45) is 6.99. The van der Waals surface area contributed by atoms with Crippen molar-refractivity contribution in [3.63, 3.8) is 0 Å². The molecule has 0 fully saturated rings. The zero-order valence-electron chi connectivity index (χ0n) is 13.6. The van der Waals surface area contributed by atoms with Gasteiger partial charge in [-0.05, 0) is 23.8 Å². The minimum atomic E-state index is 0.212. The molecule has 0 saturated heterocycles. The summed E-state index contributed by atoms with van der Waals surface area (Å²) in [7, 11) is 1.62. The zero-order chi connectivity index (χ0) is 17.5. The Hall–Kier alpha value is -3.59. The lowest BCUT2D eigenvalue weighted by Gasteiger charge is -2.02. The van der Waals surface area contributed by atoms with Crippen LogP contribution >= 0.6 is 0 Å². The van der Waals surface area contributed by atoms with Crippen LogP contribution < -0.4 is 10.1 Å². The smallest absolute Gasteiger partial charge is 0.232 e. The lowest BCUT2D eigenvalue weighted by Crippen LogP contribution is -1.99. The van der Waals surface area contributed by atoms with E-state index in [0.717, 1.165) is 16.9 Å². The van der Waals surface area contributed by atoms with Crippen LogP contribution in [-0.4, -0.2) is 17.1 Å². The van der Waals surface area contributed by atoms with Crippen molar-refractivity contribution in [3.05, 3.63) is 71.5 Å². The van der Waals surface area contributed by atoms with E-state index >= 15 is 0 Å². The number of nitrogens with one attached hydrogen (secondary N) is 1. The molecule has 2 aromatic heterocycles. The number of para-hydroxylation sites is 1. The van der Waals surface area contributed by atoms with Crippen molar-refractivity contribution in [2.75, 3.05) is 12.4 Å². The van der Waals surface area contributed by atoms with Crippen LogP contribution in [0.3, 0.4) is 0 Å². The van der Waals surface area contributed by atoms with Gasteiger partial charge >= 0.3 is 0 Å². The van der Waals surface area contributed by atoms with E-state index in [1.807, 2.05) is 48.5 Å². The Kier molecular flexibility index (Phi) is 5.07. The highest BCUT2D eigenvalue weighted by Gasteiger charge is 2.11. The van der Waals surface area contributed by atoms with Crippen LogP contribution in [0.2, 0.25) is 0 Å². The van der Waals surface area contributed by atoms with E-state index < -0.39 is 0 Å². The lowest BCUT2D eigenvalue weighted by atomic mass is 10.2. The number of aromatic nitrogens is 2. The zero-order valence-corrected chi connectivity index (χ0v) is 13.6. The SMILES string of the molecule is COc1ccccc1C=Cc1nc(C#N)c(NCc2cccnc2)o1. The largest absolute Gasteiger partial charge is 0.496 e. The second-order valence-electron chi connectivity index (χ2n) is 5.13. The molecule has 6 nitrogen and oxygen atoms in total. The third kappa shape index (κ3) is 4.03. The normalized spacial score (nSPS) is 10.6. The molecule has 3 aromatic rings. The first-order chi connectivity index (χ1) is 12.3. The predicted octanol–water partition coefficient (Wildman–Crippen LogP) is 3.73. The predicted molar refractivity (Wildman–Crippen MR) is 94.7 cm³/mol. The fourth-order valence-corrected chi connectivity index (χ4v) is 2.25. The number of methoxy groups -OCH3 is 1. The van der Waals surface area contributed by atoms with E-state index in [1.54, 1.807) is 25.6 Å². The number of nitriles is 1. The minimum absolute atomic E-state index is 0.212. The molecule has 25 heavy (non-hydrogen) atoms. The number of nitrogens with zero attached hydrogens (tertiary/aromatic N) is 3. The van der Waals surface area contributed by atoms with E-state index in [-0.39, 0.29) is 5.69 Å². The Morgan fingerprint density at radius 3 is 2.88 bits per heavy atom. The molecule has 0 radical (unpaired) electrons. The van der Waals surface area contributed by atoms with Crippen LogP contribution in [0.15, 0.2) is 53.2 Å². The molecule has 0 aliphatic heterocycles. The maximum absolute atomic E-state index is 9.23. The monoisotopic (exact) mass is 332 g/mol. The third-order valence-electron chi connectivity index (χ3n) is 3.47. The first-order valence-electron chi connectivity index (χ1n) is 7.65. The van der Waals surface area contributed by atoms with Crippen molar-refractivity contribution in [3.8, 4) is 11.8 Å². The molecule has 3 rings (SSSR count). The highest BCUT2D eigenvalue weighted by Crippen LogP contribution is 2.22. The van der Waals surface area contributed by atoms with Gasteiger partial charge in [-0.1, -0.05) is 24.3 Å². The van der Waals surface area contributed by atoms with Crippen molar-refractivity contribution in [2.24, 2.45) is 0 Å². The maximum Gasteiger partial charge on any atom is 0.232 e. The molecule has 0 atom stereocenters. The van der Waals surface area contributed by atoms with Gasteiger partial charge in [-0.15, -0.1) is 0 Å². The van der Waals surface area contributed by atoms with Gasteiger partial charge in [0.25, 0.3) is 0 Å². The van der Waals surface area contributed by atoms with Gasteiger partial charge in [0.2, 0.25) is 17.5 Å². The summed E-state index contributed by atoms with van der Waals surface area (Å²) >= 11 is 0. The molecule has 0 saturated carbocycles. The summed E-state index contributed by atoms with van der Waals surface area (Å²) in [6, 6.07) is 13.4. The van der Waals surface area contributed by atoms with Crippen LogP contribution in [-0.2, 0) is 6.54 Å². The van der Waals surface area contributed by atoms with Crippen molar-refractivity contribution >= 4 is 18.0 Å². The highest BCUT2D eigenvalue weighted by atomic mass is 16.5. The molecule has 1 aromatic carbocycles. The number of hydrogen-bond donors (Lipinski definition) is 1. The lowest BCUT2D eigenvalue weighted by molar-refractivity contribution is 0.414. The number of rotatable bonds is 6. The highest BCUT2D eigenvalue weighted by molar-refractivity contribution is 5.70. The van der Waals surface area contributed by atoms with Crippen LogP contribution in [0, 0.1) is 11.3 Å². The summed E-state index contributed by atoms with van der Waals surface area (Å²) in [5.74, 6) is 1.43. The average molecular weight is 332 g/mol. The molecule has 124 valence electrons. The molecule has 0 unspecified atom stereocenters. The van der Waals surface area contributed by atoms with Crippen LogP contribution in [0.5, 0.6) is 5.75 Å². The quantitative estimate of drug-likeness (QED) is 0.740. The second kappa shape index (κ2) is 7.79. The van der Waals surface area contributed by atoms with Crippen LogP contribution in [0.1, 0.15) is 22.7 Å². The molecular weight excluding hydrogens is 316 g/mol. The van der Waals surface area contributed by atoms with Gasteiger partial charge in [0, 0.05) is 30.6 Å². The second-order valence-corrected chi connectivity index (χ2v) is 5.13. The Bertz CT molecular complexity index is 911. The Balaban J connectivity index is 1.76. The molecule has 0 aliphatic carbocycles. The first-order valence-corrected chi connectivity index (χ1v) is 7.65. The van der Waals surface area contributed by atoms with E-state index in [9.17, 15) is 5.26 Å². The molecule has 6 heteroatoms. The third-order valence-corrected chi connectivity index (χ3v) is 3.47. The molecule has 1 N–H and O–H groups in total. The summed E-state index contributed by atoms with van der Waals surface area (Å²) in [5, 5.41) is 12.3. The number of benzene rings is 1. The Labute approximate surface area is 145 Å². The fourth-order valence-electron chi connectivity index (χ4n) is 2.25. The number of anilines is 1. The van der Waals surface area contributed by atoms with E-state index in [4.69, 9.17) is 9.15 Å². The number of hydrogen-bond acceptors (Lipinski definition) is 6. The molecule has 2 heterocycles. The molecule has 0 aliphatic rings. The van der Waals surface area contributed by atoms with Crippen LogP contribution in [0.4, 0.5) is 5.88 Å². The number of ether oxygens (including phenoxy) is 1. The van der Waals surface area contributed by atoms with Crippen molar-refractivity contribution in [1.82, 2.24) is 9.97 Å². The van der Waals surface area contributed by atoms with Crippen molar-refractivity contribution < 1.29 is 9.15 Å². The summed E-state index contributed by atoms with van der Waals surface area (Å²) in [4.78, 5) is 8.23. The van der Waals surface area contributed by atoms with Gasteiger partial charge in [0.15, 0.2) is 0 Å². The van der Waals surface area contributed by atoms with Gasteiger partial charge in [-0.25, -0.2) is 0 Å². The summed E-state index contributed by atoms with van der Waals surface area (Å²) in [5.41, 5.74) is 2.09. The van der Waals surface area contributed by atoms with E-state index in [0.29, 0.717) is 18.3 Å². The Morgan fingerprint density at radius 1 is 1.24 bits per heavy atom. The molecule has 0 amide bonds. The van der Waals surface area contributed by atoms with Crippen LogP contribution in [0.25, 0.3) is 12.2 Å². The van der Waals surface area contributed by atoms with Gasteiger partial charge in [-0.3, -0.25) is 4.98 Å². The van der Waals surface area contributed by atoms with E-state index in [1.165, 1.54) is 0 Å². The minimum Gasteiger partial charge on any atom is -0.496 e. The number of oxazole rings is 1. The van der Waals surface area contributed by atoms with Crippen molar-refractivity contribution in [1.29, 1.82) is 5.26 Å². The molecular formula is C19H16N4O2. The number of pyridine rings is 1. The fraction of sp³-hybridized carbons (Fsp3) is 0.105.